The normalized spacial score (nSPS) is 42.7. The molecule has 3 N–H and O–H groups in total. The van der Waals surface area contributed by atoms with Crippen LogP contribution in [0.1, 0.15) is 106 Å². The second-order valence-electron chi connectivity index (χ2n) is 13.3. The molecule has 3 fully saturated rings. The molecule has 8 atom stereocenters. The minimum atomic E-state index is -0.287. The average Bonchev–Trinajstić information content (AvgIpc) is 2.64. The van der Waals surface area contributed by atoms with Crippen molar-refractivity contribution < 1.29 is 15.3 Å². The van der Waals surface area contributed by atoms with Gasteiger partial charge in [0, 0.05) is 0 Å². The van der Waals surface area contributed by atoms with Gasteiger partial charge in [-0.25, -0.2) is 0 Å². The number of aliphatic hydroxyl groups excluding tert-OH is 3. The summed E-state index contributed by atoms with van der Waals surface area (Å²) in [6.07, 6.45) is 9.41. The number of aliphatic hydroxyl groups is 3. The second-order valence-corrected chi connectivity index (χ2v) is 13.3. The molecule has 8 unspecified atom stereocenters. The van der Waals surface area contributed by atoms with Crippen LogP contribution in [0.15, 0.2) is 0 Å². The SMILES string of the molecule is CC(C)(C)C1CCC(O)C(C(C2CCCCC2O)C2CC(C(C)(C)C)CCC2O)C1. The first-order chi connectivity index (χ1) is 13.9. The van der Waals surface area contributed by atoms with E-state index in [-0.39, 0.29) is 52.8 Å². The van der Waals surface area contributed by atoms with Crippen LogP contribution in [0.5, 0.6) is 0 Å². The lowest BCUT2D eigenvalue weighted by Gasteiger charge is -2.52. The molecule has 0 aliphatic heterocycles. The van der Waals surface area contributed by atoms with Crippen molar-refractivity contribution in [2.45, 2.75) is 124 Å². The van der Waals surface area contributed by atoms with Crippen LogP contribution in [0.3, 0.4) is 0 Å². The second kappa shape index (κ2) is 9.40. The molecule has 0 spiro atoms. The van der Waals surface area contributed by atoms with Gasteiger partial charge in [-0.15, -0.1) is 0 Å². The molecule has 3 rings (SSSR count). The number of rotatable bonds is 3. The van der Waals surface area contributed by atoms with Gasteiger partial charge in [-0.05, 0) is 97.7 Å². The smallest absolute Gasteiger partial charge is 0.0571 e. The Labute approximate surface area is 186 Å². The summed E-state index contributed by atoms with van der Waals surface area (Å²) in [7, 11) is 0. The third-order valence-corrected chi connectivity index (χ3v) is 9.44. The fourth-order valence-corrected chi connectivity index (χ4v) is 7.32. The Morgan fingerprint density at radius 3 is 1.33 bits per heavy atom. The largest absolute Gasteiger partial charge is 0.393 e. The molecule has 0 aromatic rings. The van der Waals surface area contributed by atoms with Gasteiger partial charge in [0.1, 0.15) is 0 Å². The molecule has 30 heavy (non-hydrogen) atoms. The van der Waals surface area contributed by atoms with Gasteiger partial charge in [0.25, 0.3) is 0 Å². The third-order valence-electron chi connectivity index (χ3n) is 9.44. The van der Waals surface area contributed by atoms with Gasteiger partial charge in [0.15, 0.2) is 0 Å². The fraction of sp³-hybridized carbons (Fsp3) is 1.00. The van der Waals surface area contributed by atoms with Gasteiger partial charge < -0.3 is 15.3 Å². The lowest BCUT2D eigenvalue weighted by Crippen LogP contribution is -2.50. The molecule has 0 heterocycles. The highest BCUT2D eigenvalue weighted by molar-refractivity contribution is 4.99. The summed E-state index contributed by atoms with van der Waals surface area (Å²) in [5.41, 5.74) is 0.487. The first kappa shape index (κ1) is 24.5. The van der Waals surface area contributed by atoms with Crippen LogP contribution in [0.25, 0.3) is 0 Å². The van der Waals surface area contributed by atoms with Gasteiger partial charge in [0.05, 0.1) is 18.3 Å². The summed E-state index contributed by atoms with van der Waals surface area (Å²) in [4.78, 5) is 0. The Bertz CT molecular complexity index is 507. The summed E-state index contributed by atoms with van der Waals surface area (Å²) < 4.78 is 0. The summed E-state index contributed by atoms with van der Waals surface area (Å²) in [6, 6.07) is 0. The quantitative estimate of drug-likeness (QED) is 0.538. The summed E-state index contributed by atoms with van der Waals surface area (Å²) >= 11 is 0. The Kier molecular flexibility index (Phi) is 7.68. The van der Waals surface area contributed by atoms with E-state index in [0.717, 1.165) is 57.8 Å². The summed E-state index contributed by atoms with van der Waals surface area (Å²) in [6.45, 7) is 14.0. The molecule has 3 nitrogen and oxygen atoms in total. The van der Waals surface area contributed by atoms with Crippen LogP contribution in [0, 0.1) is 46.3 Å². The predicted octanol–water partition coefficient (Wildman–Crippen LogP) is 5.80. The van der Waals surface area contributed by atoms with E-state index in [1.165, 1.54) is 6.42 Å². The molecule has 0 radical (unpaired) electrons. The van der Waals surface area contributed by atoms with Crippen molar-refractivity contribution in [1.82, 2.24) is 0 Å². The van der Waals surface area contributed by atoms with Crippen molar-refractivity contribution in [3.05, 3.63) is 0 Å². The fourth-order valence-electron chi connectivity index (χ4n) is 7.32. The van der Waals surface area contributed by atoms with E-state index < -0.39 is 0 Å². The molecule has 0 aromatic heterocycles. The topological polar surface area (TPSA) is 60.7 Å². The maximum atomic E-state index is 11.2. The van der Waals surface area contributed by atoms with E-state index in [4.69, 9.17) is 0 Å². The van der Waals surface area contributed by atoms with Crippen molar-refractivity contribution >= 4 is 0 Å². The van der Waals surface area contributed by atoms with Gasteiger partial charge in [0.2, 0.25) is 0 Å². The van der Waals surface area contributed by atoms with Crippen molar-refractivity contribution in [1.29, 1.82) is 0 Å². The molecule has 3 heteroatoms. The molecular weight excluding hydrogens is 372 g/mol. The van der Waals surface area contributed by atoms with Crippen molar-refractivity contribution in [3.8, 4) is 0 Å². The highest BCUT2D eigenvalue weighted by Gasteiger charge is 2.49. The highest BCUT2D eigenvalue weighted by Crippen LogP contribution is 2.53. The van der Waals surface area contributed by atoms with Crippen LogP contribution in [-0.4, -0.2) is 33.6 Å². The molecular formula is C27H50O3. The van der Waals surface area contributed by atoms with Gasteiger partial charge >= 0.3 is 0 Å². The third kappa shape index (κ3) is 5.44. The van der Waals surface area contributed by atoms with E-state index in [9.17, 15) is 15.3 Å². The number of hydrogen-bond donors (Lipinski definition) is 3. The Balaban J connectivity index is 1.93. The zero-order valence-electron chi connectivity index (χ0n) is 20.6. The van der Waals surface area contributed by atoms with E-state index in [2.05, 4.69) is 41.5 Å². The van der Waals surface area contributed by atoms with E-state index >= 15 is 0 Å². The minimum Gasteiger partial charge on any atom is -0.393 e. The standard InChI is InChI=1S/C27H50O3/c1-26(2,3)17-11-13-23(29)20(15-17)25(19-9-7-8-10-22(19)28)21-16-18(27(4,5)6)12-14-24(21)30/h17-25,28-30H,7-16H2,1-6H3. The van der Waals surface area contributed by atoms with Crippen LogP contribution in [-0.2, 0) is 0 Å². The zero-order valence-corrected chi connectivity index (χ0v) is 20.6. The van der Waals surface area contributed by atoms with Crippen LogP contribution < -0.4 is 0 Å². The molecule has 0 aromatic carbocycles. The maximum Gasteiger partial charge on any atom is 0.0571 e. The first-order valence-electron chi connectivity index (χ1n) is 12.9. The van der Waals surface area contributed by atoms with E-state index in [1.807, 2.05) is 0 Å². The van der Waals surface area contributed by atoms with Gasteiger partial charge in [-0.2, -0.15) is 0 Å². The molecule has 3 aliphatic rings. The monoisotopic (exact) mass is 422 g/mol. The van der Waals surface area contributed by atoms with Crippen molar-refractivity contribution in [2.75, 3.05) is 0 Å². The molecule has 176 valence electrons. The lowest BCUT2D eigenvalue weighted by molar-refractivity contribution is -0.111. The van der Waals surface area contributed by atoms with Crippen molar-refractivity contribution in [3.63, 3.8) is 0 Å². The molecule has 3 aliphatic carbocycles. The van der Waals surface area contributed by atoms with Crippen LogP contribution >= 0.6 is 0 Å². The van der Waals surface area contributed by atoms with Gasteiger partial charge in [-0.1, -0.05) is 54.4 Å². The molecule has 3 saturated carbocycles. The van der Waals surface area contributed by atoms with Crippen LogP contribution in [0.2, 0.25) is 0 Å². The average molecular weight is 423 g/mol. The van der Waals surface area contributed by atoms with Crippen molar-refractivity contribution in [2.24, 2.45) is 46.3 Å². The Morgan fingerprint density at radius 2 is 0.933 bits per heavy atom. The van der Waals surface area contributed by atoms with E-state index in [0.29, 0.717) is 11.8 Å². The lowest BCUT2D eigenvalue weighted by atomic mass is 9.55. The summed E-state index contributed by atoms with van der Waals surface area (Å²) in [5, 5.41) is 33.5. The maximum absolute atomic E-state index is 11.2. The van der Waals surface area contributed by atoms with E-state index in [1.54, 1.807) is 0 Å². The first-order valence-corrected chi connectivity index (χ1v) is 12.9. The highest BCUT2D eigenvalue weighted by atomic mass is 16.3. The molecule has 0 bridgehead atoms. The zero-order chi connectivity index (χ0) is 22.3. The minimum absolute atomic E-state index is 0.207. The van der Waals surface area contributed by atoms with Gasteiger partial charge in [-0.3, -0.25) is 0 Å². The molecule has 0 amide bonds. The number of hydrogen-bond acceptors (Lipinski definition) is 3. The molecule has 0 saturated heterocycles. The summed E-state index contributed by atoms with van der Waals surface area (Å²) in [5.74, 6) is 2.09. The predicted molar refractivity (Wildman–Crippen MR) is 124 cm³/mol. The Morgan fingerprint density at radius 1 is 0.533 bits per heavy atom. The van der Waals surface area contributed by atoms with Crippen LogP contribution in [0.4, 0.5) is 0 Å². The Hall–Kier alpha value is -0.120.